The van der Waals surface area contributed by atoms with Gasteiger partial charge in [-0.2, -0.15) is 18.3 Å². The zero-order valence-electron chi connectivity index (χ0n) is 17.5. The first-order valence-corrected chi connectivity index (χ1v) is 10.2. The highest BCUT2D eigenvalue weighted by molar-refractivity contribution is 6.04. The maximum Gasteiger partial charge on any atom is 0.416 e. The topological polar surface area (TPSA) is 65.1 Å². The lowest BCUT2D eigenvalue weighted by molar-refractivity contribution is -0.137. The average Bonchev–Trinajstić information content (AvgIpc) is 3.27. The molecule has 9 heteroatoms. The Balaban J connectivity index is 1.72. The summed E-state index contributed by atoms with van der Waals surface area (Å²) >= 11 is 0. The number of nitrogens with zero attached hydrogens (tertiary/aromatic N) is 5. The maximum atomic E-state index is 13.2. The van der Waals surface area contributed by atoms with E-state index in [2.05, 4.69) is 15.1 Å². The molecule has 0 aliphatic heterocycles. The Kier molecular flexibility index (Phi) is 5.29. The Labute approximate surface area is 191 Å². The Hall–Kier alpha value is -4.53. The molecule has 34 heavy (non-hydrogen) atoms. The van der Waals surface area contributed by atoms with Crippen molar-refractivity contribution in [1.82, 2.24) is 19.3 Å². The van der Waals surface area contributed by atoms with Crippen LogP contribution in [0.3, 0.4) is 0 Å². The number of imidazole rings is 1. The average molecular weight is 459 g/mol. The van der Waals surface area contributed by atoms with Gasteiger partial charge in [-0.05, 0) is 42.5 Å². The molecular weight excluding hydrogens is 443 g/mol. The van der Waals surface area contributed by atoms with Gasteiger partial charge in [-0.25, -0.2) is 14.7 Å². The monoisotopic (exact) mass is 459 g/mol. The lowest BCUT2D eigenvalue weighted by Crippen LogP contribution is -2.25. The Morgan fingerprint density at radius 2 is 1.65 bits per heavy atom. The molecule has 5 aromatic rings. The summed E-state index contributed by atoms with van der Waals surface area (Å²) in [5, 5.41) is 4.38. The third-order valence-electron chi connectivity index (χ3n) is 5.13. The number of aliphatic imine (C=N–C) groups is 1. The summed E-state index contributed by atoms with van der Waals surface area (Å²) in [5.41, 5.74) is 0.843. The molecular formula is C25H16F3N5O. The van der Waals surface area contributed by atoms with Crippen molar-refractivity contribution in [1.29, 1.82) is 0 Å². The molecule has 168 valence electrons. The maximum absolute atomic E-state index is 13.2. The summed E-state index contributed by atoms with van der Waals surface area (Å²) in [6, 6.07) is 22.3. The van der Waals surface area contributed by atoms with E-state index in [1.807, 2.05) is 42.5 Å². The molecule has 0 unspecified atom stereocenters. The largest absolute Gasteiger partial charge is 0.416 e. The van der Waals surface area contributed by atoms with Crippen molar-refractivity contribution in [2.24, 2.45) is 4.99 Å². The van der Waals surface area contributed by atoms with E-state index >= 15 is 0 Å². The molecule has 0 saturated heterocycles. The number of benzene rings is 3. The highest BCUT2D eigenvalue weighted by atomic mass is 19.4. The van der Waals surface area contributed by atoms with Crippen molar-refractivity contribution in [3.63, 3.8) is 0 Å². The van der Waals surface area contributed by atoms with Gasteiger partial charge in [-0.1, -0.05) is 36.4 Å². The molecule has 0 bridgehead atoms. The van der Waals surface area contributed by atoms with Gasteiger partial charge in [0.05, 0.1) is 28.0 Å². The fourth-order valence-corrected chi connectivity index (χ4v) is 3.50. The second-order valence-electron chi connectivity index (χ2n) is 7.40. The zero-order chi connectivity index (χ0) is 23.7. The SMILES string of the molecule is O=c1ccn(-c2cccc(C(F)(F)F)c2)nc1C(=Nc1ccccc1)n1cnc2ccccc21. The van der Waals surface area contributed by atoms with Crippen molar-refractivity contribution >= 4 is 22.6 Å². The molecule has 0 aliphatic rings. The molecule has 5 rings (SSSR count). The predicted molar refractivity (Wildman–Crippen MR) is 123 cm³/mol. The molecule has 3 aromatic carbocycles. The first-order chi connectivity index (χ1) is 16.4. The zero-order valence-corrected chi connectivity index (χ0v) is 17.5. The second-order valence-corrected chi connectivity index (χ2v) is 7.40. The number of halogens is 3. The van der Waals surface area contributed by atoms with E-state index in [-0.39, 0.29) is 17.2 Å². The van der Waals surface area contributed by atoms with E-state index < -0.39 is 17.2 Å². The highest BCUT2D eigenvalue weighted by Gasteiger charge is 2.30. The molecule has 0 spiro atoms. The first-order valence-electron chi connectivity index (χ1n) is 10.2. The van der Waals surface area contributed by atoms with Gasteiger partial charge >= 0.3 is 6.18 Å². The predicted octanol–water partition coefficient (Wildman–Crippen LogP) is 5.23. The van der Waals surface area contributed by atoms with Crippen LogP contribution in [0.2, 0.25) is 0 Å². The smallest absolute Gasteiger partial charge is 0.287 e. The van der Waals surface area contributed by atoms with Gasteiger partial charge in [0, 0.05) is 12.3 Å². The summed E-state index contributed by atoms with van der Waals surface area (Å²) in [5.74, 6) is 0.200. The van der Waals surface area contributed by atoms with Crippen molar-refractivity contribution in [3.05, 3.63) is 119 Å². The van der Waals surface area contributed by atoms with Gasteiger partial charge in [0.1, 0.15) is 6.33 Å². The van der Waals surface area contributed by atoms with Crippen molar-refractivity contribution in [2.45, 2.75) is 6.18 Å². The molecule has 0 amide bonds. The summed E-state index contributed by atoms with van der Waals surface area (Å²) in [6.07, 6.45) is -1.64. The van der Waals surface area contributed by atoms with E-state index in [1.54, 1.807) is 16.7 Å². The molecule has 0 atom stereocenters. The fourth-order valence-electron chi connectivity index (χ4n) is 3.50. The molecule has 0 radical (unpaired) electrons. The fraction of sp³-hybridized carbons (Fsp3) is 0.0400. The molecule has 0 fully saturated rings. The normalized spacial score (nSPS) is 12.3. The summed E-state index contributed by atoms with van der Waals surface area (Å²) < 4.78 is 42.5. The lowest BCUT2D eigenvalue weighted by atomic mass is 10.2. The third kappa shape index (κ3) is 4.11. The minimum Gasteiger partial charge on any atom is -0.287 e. The van der Waals surface area contributed by atoms with Gasteiger partial charge in [-0.15, -0.1) is 0 Å². The number of hydrogen-bond donors (Lipinski definition) is 0. The van der Waals surface area contributed by atoms with Gasteiger partial charge in [0.15, 0.2) is 11.5 Å². The van der Waals surface area contributed by atoms with Crippen LogP contribution in [0.5, 0.6) is 0 Å². The van der Waals surface area contributed by atoms with Crippen LogP contribution in [0.1, 0.15) is 11.3 Å². The minimum absolute atomic E-state index is 0.0353. The standard InChI is InChI=1S/C25H16F3N5O/c26-25(27,28)17-7-6-10-19(15-17)33-14-13-22(34)23(31-33)24(30-18-8-2-1-3-9-18)32-16-29-20-11-4-5-12-21(20)32/h1-16H. The van der Waals surface area contributed by atoms with Crippen LogP contribution >= 0.6 is 0 Å². The van der Waals surface area contributed by atoms with Crippen molar-refractivity contribution in [3.8, 4) is 5.69 Å². The van der Waals surface area contributed by atoms with Crippen molar-refractivity contribution < 1.29 is 13.2 Å². The van der Waals surface area contributed by atoms with E-state index in [9.17, 15) is 18.0 Å². The van der Waals surface area contributed by atoms with Crippen LogP contribution in [0.25, 0.3) is 16.7 Å². The third-order valence-corrected chi connectivity index (χ3v) is 5.13. The Morgan fingerprint density at radius 1 is 0.882 bits per heavy atom. The van der Waals surface area contributed by atoms with E-state index in [4.69, 9.17) is 0 Å². The first kappa shape index (κ1) is 21.3. The number of hydrogen-bond acceptors (Lipinski definition) is 4. The molecule has 0 aliphatic carbocycles. The van der Waals surface area contributed by atoms with Crippen LogP contribution in [-0.4, -0.2) is 25.2 Å². The van der Waals surface area contributed by atoms with E-state index in [0.717, 1.165) is 12.1 Å². The van der Waals surface area contributed by atoms with E-state index in [0.29, 0.717) is 16.7 Å². The minimum atomic E-state index is -4.51. The highest BCUT2D eigenvalue weighted by Crippen LogP contribution is 2.30. The van der Waals surface area contributed by atoms with Crippen LogP contribution in [0, 0.1) is 0 Å². The van der Waals surface area contributed by atoms with Crippen LogP contribution in [0.15, 0.2) is 107 Å². The van der Waals surface area contributed by atoms with E-state index in [1.165, 1.54) is 35.4 Å². The number of fused-ring (bicyclic) bond motifs is 1. The number of alkyl halides is 3. The van der Waals surface area contributed by atoms with Crippen LogP contribution < -0.4 is 5.43 Å². The quantitative estimate of drug-likeness (QED) is 0.274. The van der Waals surface area contributed by atoms with Gasteiger partial charge in [0.25, 0.3) is 0 Å². The number of para-hydroxylation sites is 3. The second kappa shape index (κ2) is 8.43. The molecule has 2 heterocycles. The van der Waals surface area contributed by atoms with Gasteiger partial charge in [0.2, 0.25) is 5.43 Å². The summed E-state index contributed by atoms with van der Waals surface area (Å²) in [4.78, 5) is 22.0. The Bertz CT molecular complexity index is 1570. The van der Waals surface area contributed by atoms with Crippen LogP contribution in [0.4, 0.5) is 18.9 Å². The number of rotatable bonds is 3. The molecule has 0 N–H and O–H groups in total. The number of aromatic nitrogens is 4. The van der Waals surface area contributed by atoms with Crippen molar-refractivity contribution in [2.75, 3.05) is 0 Å². The lowest BCUT2D eigenvalue weighted by Gasteiger charge is -2.13. The van der Waals surface area contributed by atoms with Crippen LogP contribution in [-0.2, 0) is 6.18 Å². The van der Waals surface area contributed by atoms with Gasteiger partial charge in [-0.3, -0.25) is 9.36 Å². The Morgan fingerprint density at radius 3 is 2.44 bits per heavy atom. The van der Waals surface area contributed by atoms with Gasteiger partial charge < -0.3 is 0 Å². The summed E-state index contributed by atoms with van der Waals surface area (Å²) in [6.45, 7) is 0. The molecule has 6 nitrogen and oxygen atoms in total. The summed E-state index contributed by atoms with van der Waals surface area (Å²) in [7, 11) is 0. The molecule has 2 aromatic heterocycles. The molecule has 0 saturated carbocycles.